The highest BCUT2D eigenvalue weighted by atomic mass is 15.0. The van der Waals surface area contributed by atoms with Gasteiger partial charge in [0.15, 0.2) is 0 Å². The molecular weight excluding hydrogens is 498 g/mol. The lowest BCUT2D eigenvalue weighted by Crippen LogP contribution is -1.94. The summed E-state index contributed by atoms with van der Waals surface area (Å²) in [4.78, 5) is 9.24. The SMILES string of the molecule is c1ccc(-c2cc(-c3ccc(-n4c5ccccc5c5c6ccccc6ccc54)cc3)cc(-c3ccccn3)c2)nc1. The number of pyridine rings is 2. The van der Waals surface area contributed by atoms with Crippen LogP contribution in [0.25, 0.3) is 71.9 Å². The minimum absolute atomic E-state index is 0.945. The van der Waals surface area contributed by atoms with Crippen LogP contribution >= 0.6 is 0 Å². The second kappa shape index (κ2) is 9.58. The van der Waals surface area contributed by atoms with E-state index in [1.165, 1.54) is 32.6 Å². The summed E-state index contributed by atoms with van der Waals surface area (Å²) in [5, 5.41) is 5.11. The van der Waals surface area contributed by atoms with Crippen molar-refractivity contribution >= 4 is 32.6 Å². The largest absolute Gasteiger partial charge is 0.309 e. The van der Waals surface area contributed by atoms with E-state index < -0.39 is 0 Å². The van der Waals surface area contributed by atoms with Gasteiger partial charge in [0.25, 0.3) is 0 Å². The van der Waals surface area contributed by atoms with Gasteiger partial charge in [-0.3, -0.25) is 9.97 Å². The predicted octanol–water partition coefficient (Wildman–Crippen LogP) is 9.73. The molecule has 192 valence electrons. The molecule has 3 aromatic heterocycles. The molecule has 0 N–H and O–H groups in total. The second-order valence-corrected chi connectivity index (χ2v) is 10.3. The molecule has 0 saturated heterocycles. The third-order valence-electron chi connectivity index (χ3n) is 7.88. The van der Waals surface area contributed by atoms with Crippen molar-refractivity contribution in [1.29, 1.82) is 0 Å². The van der Waals surface area contributed by atoms with Gasteiger partial charge >= 0.3 is 0 Å². The predicted molar refractivity (Wildman–Crippen MR) is 170 cm³/mol. The highest BCUT2D eigenvalue weighted by molar-refractivity contribution is 6.21. The fraction of sp³-hybridized carbons (Fsp3) is 0. The van der Waals surface area contributed by atoms with Crippen molar-refractivity contribution in [3.05, 3.63) is 152 Å². The van der Waals surface area contributed by atoms with Gasteiger partial charge in [-0.2, -0.15) is 0 Å². The van der Waals surface area contributed by atoms with Crippen molar-refractivity contribution in [3.8, 4) is 39.3 Å². The number of nitrogens with zero attached hydrogens (tertiary/aromatic N) is 3. The van der Waals surface area contributed by atoms with E-state index in [1.54, 1.807) is 0 Å². The van der Waals surface area contributed by atoms with Crippen molar-refractivity contribution in [2.75, 3.05) is 0 Å². The zero-order valence-electron chi connectivity index (χ0n) is 22.3. The Morgan fingerprint density at radius 3 is 1.71 bits per heavy atom. The van der Waals surface area contributed by atoms with Crippen molar-refractivity contribution in [1.82, 2.24) is 14.5 Å². The molecule has 0 atom stereocenters. The minimum atomic E-state index is 0.945. The molecule has 3 heteroatoms. The molecule has 0 spiro atoms. The van der Waals surface area contributed by atoms with E-state index in [-0.39, 0.29) is 0 Å². The molecule has 0 unspecified atom stereocenters. The van der Waals surface area contributed by atoms with E-state index >= 15 is 0 Å². The van der Waals surface area contributed by atoms with Gasteiger partial charge in [-0.25, -0.2) is 0 Å². The Balaban J connectivity index is 1.29. The summed E-state index contributed by atoms with van der Waals surface area (Å²) in [5.41, 5.74) is 9.88. The van der Waals surface area contributed by atoms with Crippen molar-refractivity contribution in [2.24, 2.45) is 0 Å². The van der Waals surface area contributed by atoms with E-state index in [1.807, 2.05) is 36.7 Å². The molecule has 3 heterocycles. The maximum atomic E-state index is 4.62. The van der Waals surface area contributed by atoms with Gasteiger partial charge < -0.3 is 4.57 Å². The fourth-order valence-electron chi connectivity index (χ4n) is 5.98. The number of benzene rings is 5. The van der Waals surface area contributed by atoms with Gasteiger partial charge in [-0.05, 0) is 88.6 Å². The number of aromatic nitrogens is 3. The molecule has 0 amide bonds. The number of para-hydroxylation sites is 1. The molecule has 0 aliphatic rings. The van der Waals surface area contributed by atoms with Gasteiger partial charge in [0.05, 0.1) is 22.4 Å². The lowest BCUT2D eigenvalue weighted by atomic mass is 9.96. The standard InChI is InChI=1S/C38H25N3/c1-2-10-32-27(9-1)17-20-37-38(32)33-11-3-4-14-36(33)41(37)31-18-15-26(16-19-31)28-23-29(34-12-5-7-21-39-34)25-30(24-28)35-13-6-8-22-40-35/h1-25H. The molecule has 3 nitrogen and oxygen atoms in total. The first-order valence-electron chi connectivity index (χ1n) is 13.8. The van der Waals surface area contributed by atoms with Gasteiger partial charge in [-0.1, -0.05) is 72.8 Å². The van der Waals surface area contributed by atoms with Crippen LogP contribution in [0.1, 0.15) is 0 Å². The Kier molecular flexibility index (Phi) is 5.46. The molecule has 0 fully saturated rings. The van der Waals surface area contributed by atoms with Crippen LogP contribution in [0.5, 0.6) is 0 Å². The van der Waals surface area contributed by atoms with Crippen LogP contribution in [0, 0.1) is 0 Å². The molecule has 0 radical (unpaired) electrons. The van der Waals surface area contributed by atoms with Gasteiger partial charge in [0.2, 0.25) is 0 Å². The highest BCUT2D eigenvalue weighted by Crippen LogP contribution is 2.37. The molecule has 5 aromatic carbocycles. The summed E-state index contributed by atoms with van der Waals surface area (Å²) in [6.45, 7) is 0. The van der Waals surface area contributed by atoms with Crippen LogP contribution in [0.2, 0.25) is 0 Å². The van der Waals surface area contributed by atoms with E-state index in [4.69, 9.17) is 0 Å². The lowest BCUT2D eigenvalue weighted by molar-refractivity contribution is 1.18. The minimum Gasteiger partial charge on any atom is -0.309 e. The Bertz CT molecular complexity index is 2120. The summed E-state index contributed by atoms with van der Waals surface area (Å²) in [6.07, 6.45) is 3.68. The maximum Gasteiger partial charge on any atom is 0.0702 e. The maximum absolute atomic E-state index is 4.62. The summed E-state index contributed by atoms with van der Waals surface area (Å²) < 4.78 is 2.38. The van der Waals surface area contributed by atoms with Crippen LogP contribution in [-0.2, 0) is 0 Å². The van der Waals surface area contributed by atoms with Crippen molar-refractivity contribution in [2.45, 2.75) is 0 Å². The highest BCUT2D eigenvalue weighted by Gasteiger charge is 2.15. The second-order valence-electron chi connectivity index (χ2n) is 10.3. The normalized spacial score (nSPS) is 11.4. The quantitative estimate of drug-likeness (QED) is 0.230. The molecule has 0 bridgehead atoms. The lowest BCUT2D eigenvalue weighted by Gasteiger charge is -2.12. The van der Waals surface area contributed by atoms with Crippen LogP contribution in [0.4, 0.5) is 0 Å². The van der Waals surface area contributed by atoms with Gasteiger partial charge in [0.1, 0.15) is 0 Å². The van der Waals surface area contributed by atoms with E-state index in [2.05, 4.69) is 130 Å². The van der Waals surface area contributed by atoms with Crippen LogP contribution in [0.15, 0.2) is 152 Å². The summed E-state index contributed by atoms with van der Waals surface area (Å²) in [7, 11) is 0. The third kappa shape index (κ3) is 3.98. The molecule has 0 aliphatic carbocycles. The molecule has 41 heavy (non-hydrogen) atoms. The van der Waals surface area contributed by atoms with Crippen LogP contribution in [0.3, 0.4) is 0 Å². The Hall–Kier alpha value is -5.54. The van der Waals surface area contributed by atoms with E-state index in [0.717, 1.165) is 39.3 Å². The topological polar surface area (TPSA) is 30.7 Å². The molecule has 8 rings (SSSR count). The molecular formula is C38H25N3. The van der Waals surface area contributed by atoms with E-state index in [0.29, 0.717) is 0 Å². The number of fused-ring (bicyclic) bond motifs is 5. The van der Waals surface area contributed by atoms with Crippen LogP contribution in [-0.4, -0.2) is 14.5 Å². The monoisotopic (exact) mass is 523 g/mol. The smallest absolute Gasteiger partial charge is 0.0702 e. The average molecular weight is 524 g/mol. The zero-order valence-corrected chi connectivity index (χ0v) is 22.3. The van der Waals surface area contributed by atoms with Crippen molar-refractivity contribution in [3.63, 3.8) is 0 Å². The third-order valence-corrected chi connectivity index (χ3v) is 7.88. The Morgan fingerprint density at radius 1 is 0.415 bits per heavy atom. The Morgan fingerprint density at radius 2 is 1.02 bits per heavy atom. The first-order chi connectivity index (χ1) is 20.3. The summed E-state index contributed by atoms with van der Waals surface area (Å²) >= 11 is 0. The number of rotatable bonds is 4. The average Bonchev–Trinajstić information content (AvgIpc) is 3.40. The first kappa shape index (κ1) is 23.4. The molecule has 0 aliphatic heterocycles. The van der Waals surface area contributed by atoms with Crippen molar-refractivity contribution < 1.29 is 0 Å². The number of hydrogen-bond donors (Lipinski definition) is 0. The fourth-order valence-corrected chi connectivity index (χ4v) is 5.98. The Labute approximate surface area is 238 Å². The van der Waals surface area contributed by atoms with Crippen LogP contribution < -0.4 is 0 Å². The molecule has 8 aromatic rings. The van der Waals surface area contributed by atoms with Gasteiger partial charge in [-0.15, -0.1) is 0 Å². The first-order valence-corrected chi connectivity index (χ1v) is 13.8. The van der Waals surface area contributed by atoms with E-state index in [9.17, 15) is 0 Å². The molecule has 0 saturated carbocycles. The number of hydrogen-bond acceptors (Lipinski definition) is 2. The zero-order chi connectivity index (χ0) is 27.2. The van der Waals surface area contributed by atoms with Gasteiger partial charge in [0, 0.05) is 40.0 Å². The summed E-state index contributed by atoms with van der Waals surface area (Å²) in [6, 6.07) is 49.4. The summed E-state index contributed by atoms with van der Waals surface area (Å²) in [5.74, 6) is 0.